The molecule has 0 radical (unpaired) electrons. The van der Waals surface area contributed by atoms with Gasteiger partial charge in [0.15, 0.2) is 0 Å². The predicted molar refractivity (Wildman–Crippen MR) is 405 cm³/mol. The average molecular weight is 1240 g/mol. The van der Waals surface area contributed by atoms with E-state index in [2.05, 4.69) is 128 Å². The Morgan fingerprint density at radius 1 is 0.266 bits per heavy atom. The Hall–Kier alpha value is -9.76. The third-order valence-electron chi connectivity index (χ3n) is 20.2. The fraction of sp³-hybridized carbons (Fsp3) is 0.217. The van der Waals surface area contributed by atoms with Gasteiger partial charge in [-0.15, -0.1) is 0 Å². The summed E-state index contributed by atoms with van der Waals surface area (Å²) in [6.45, 7) is 11.5. The second-order valence-corrected chi connectivity index (χ2v) is 26.9. The summed E-state index contributed by atoms with van der Waals surface area (Å²) in [7, 11) is 4.27. The van der Waals surface area contributed by atoms with Crippen molar-refractivity contribution in [2.75, 3.05) is 0 Å². The molecule has 0 amide bonds. The van der Waals surface area contributed by atoms with Crippen LogP contribution in [0.25, 0.3) is 88.1 Å². The van der Waals surface area contributed by atoms with Crippen LogP contribution >= 0.6 is 0 Å². The van der Waals surface area contributed by atoms with Gasteiger partial charge < -0.3 is 9.13 Å². The van der Waals surface area contributed by atoms with E-state index in [1.54, 1.807) is 0 Å². The molecule has 0 fully saturated rings. The van der Waals surface area contributed by atoms with Crippen molar-refractivity contribution in [3.63, 3.8) is 0 Å². The van der Waals surface area contributed by atoms with Gasteiger partial charge in [-0.1, -0.05) is 303 Å². The first kappa shape index (κ1) is 49.8. The number of fused-ring (bicyclic) bond motifs is 18. The number of para-hydroxylation sites is 3. The van der Waals surface area contributed by atoms with E-state index < -0.39 is 49.1 Å². The second-order valence-electron chi connectivity index (χ2n) is 26.9. The lowest BCUT2D eigenvalue weighted by Gasteiger charge is -2.23. The van der Waals surface area contributed by atoms with Crippen LogP contribution in [0.2, 0.25) is 0 Å². The summed E-state index contributed by atoms with van der Waals surface area (Å²) in [5.41, 5.74) is 24.6. The molecular weight excluding hydrogens is 1130 g/mol. The maximum atomic E-state index is 8.02. The van der Waals surface area contributed by atoms with Crippen molar-refractivity contribution < 1.29 is 16.4 Å². The van der Waals surface area contributed by atoms with Crippen molar-refractivity contribution in [2.24, 2.45) is 14.1 Å². The minimum Gasteiger partial charge on any atom is -0.344 e. The first-order chi connectivity index (χ1) is 50.0. The van der Waals surface area contributed by atoms with Crippen molar-refractivity contribution >= 4 is 43.6 Å². The van der Waals surface area contributed by atoms with Gasteiger partial charge in [-0.2, -0.15) is 0 Å². The molecule has 14 aromatic rings. The number of aromatic nitrogens is 2. The molecule has 2 aromatic heterocycles. The quantitative estimate of drug-likeness (QED) is 0.143. The molecule has 2 heterocycles. The Bertz CT molecular complexity index is 5720. The van der Waals surface area contributed by atoms with Crippen LogP contribution in [0.15, 0.2) is 255 Å². The summed E-state index contributed by atoms with van der Waals surface area (Å²) in [4.78, 5) is 0. The van der Waals surface area contributed by atoms with E-state index in [1.165, 1.54) is 54.7 Å². The molecule has 12 aromatic carbocycles. The smallest absolute Gasteiger partial charge is 0.0518 e. The molecule has 94 heavy (non-hydrogen) atoms. The Labute approximate surface area is 576 Å². The van der Waals surface area contributed by atoms with E-state index in [1.807, 2.05) is 219 Å². The van der Waals surface area contributed by atoms with Crippen LogP contribution in [0, 0.1) is 41.5 Å². The monoisotopic (exact) mass is 1230 g/mol. The second kappa shape index (κ2) is 24.3. The molecule has 4 aliphatic rings. The van der Waals surface area contributed by atoms with E-state index >= 15 is 0 Å². The molecule has 0 spiro atoms. The number of hydrogen-bond acceptors (Lipinski definition) is 0. The molecule has 0 saturated carbocycles. The Morgan fingerprint density at radius 2 is 0.660 bits per heavy atom. The third kappa shape index (κ3) is 10.7. The minimum atomic E-state index is -2.06. The van der Waals surface area contributed by atoms with Gasteiger partial charge in [-0.25, -0.2) is 0 Å². The van der Waals surface area contributed by atoms with Crippen molar-refractivity contribution in [1.29, 1.82) is 0 Å². The maximum absolute atomic E-state index is 8.02. The molecule has 468 valence electrons. The standard InChI is InChI=1S/4C16H16.2C14H13N/c1-11-7-6-9-13-12-8-4-5-10-14(12)16(2,3)15(11)13;1-11-7-6-10-14-15(11)12-8-4-5-9-13(12)16(14,2)3;1-11-8-9-15-13(10-11)12-6-4-5-7-14(12)16(15,2)3;1-11-8-9-13-12-6-4-5-7-14(12)16(2,3)15(13)10-11;1-10-6-5-8-12-11-7-3-4-9-13(11)15(2)14(10)12;1-10-7-8-12-11-5-3-4-6-13(11)15(2)14(12)9-10/h4*4-10H,1-3H3;2*3-9H,1-2H3/i4*2D3;;. The fourth-order valence-electron chi connectivity index (χ4n) is 15.5. The summed E-state index contributed by atoms with van der Waals surface area (Å²) >= 11 is 0. The zero-order chi connectivity index (χ0) is 76.2. The Kier molecular flexibility index (Phi) is 12.9. The first-order valence-electron chi connectivity index (χ1n) is 38.7. The lowest BCUT2D eigenvalue weighted by Crippen LogP contribution is -2.16. The van der Waals surface area contributed by atoms with Crippen molar-refractivity contribution in [1.82, 2.24) is 9.13 Å². The largest absolute Gasteiger partial charge is 0.344 e. The summed E-state index contributed by atoms with van der Waals surface area (Å²) < 4.78 is 100. The molecular formula is C92H90N2. The summed E-state index contributed by atoms with van der Waals surface area (Å²) in [6.07, 6.45) is 0. The number of nitrogens with zero attached hydrogens (tertiary/aromatic N) is 2. The number of hydrogen-bond donors (Lipinski definition) is 0. The molecule has 18 rings (SSSR count). The lowest BCUT2D eigenvalue weighted by atomic mass is 9.80. The lowest BCUT2D eigenvalue weighted by molar-refractivity contribution is 0.655. The highest BCUT2D eigenvalue weighted by molar-refractivity contribution is 6.09. The van der Waals surface area contributed by atoms with Crippen molar-refractivity contribution in [3.05, 3.63) is 333 Å². The van der Waals surface area contributed by atoms with Gasteiger partial charge in [0.1, 0.15) is 0 Å². The molecule has 2 heteroatoms. The Morgan fingerprint density at radius 3 is 1.32 bits per heavy atom. The highest BCUT2D eigenvalue weighted by Crippen LogP contribution is 2.53. The van der Waals surface area contributed by atoms with Gasteiger partial charge in [-0.05, 0) is 171 Å². The van der Waals surface area contributed by atoms with Gasteiger partial charge in [0, 0.05) is 90.3 Å². The van der Waals surface area contributed by atoms with Gasteiger partial charge in [0.25, 0.3) is 0 Å². The van der Waals surface area contributed by atoms with Crippen LogP contribution < -0.4 is 0 Å². The van der Waals surface area contributed by atoms with Crippen molar-refractivity contribution in [2.45, 2.75) is 118 Å². The van der Waals surface area contributed by atoms with Gasteiger partial charge in [0.2, 0.25) is 0 Å². The zero-order valence-corrected chi connectivity index (χ0v) is 56.1. The molecule has 0 saturated heterocycles. The summed E-state index contributed by atoms with van der Waals surface area (Å²) in [5, 5.41) is 5.39. The van der Waals surface area contributed by atoms with Gasteiger partial charge >= 0.3 is 0 Å². The molecule has 4 unspecified atom stereocenters. The first-order valence-corrected chi connectivity index (χ1v) is 32.7. The molecule has 0 bridgehead atoms. The van der Waals surface area contributed by atoms with E-state index in [9.17, 15) is 0 Å². The number of aryl methyl sites for hydroxylation is 8. The number of rotatable bonds is 0. The van der Waals surface area contributed by atoms with Gasteiger partial charge in [0.05, 0.1) is 5.52 Å². The maximum Gasteiger partial charge on any atom is 0.0518 e. The van der Waals surface area contributed by atoms with Crippen LogP contribution in [0.5, 0.6) is 0 Å². The highest BCUT2D eigenvalue weighted by Gasteiger charge is 2.39. The van der Waals surface area contributed by atoms with Crippen LogP contribution in [-0.2, 0) is 35.8 Å². The normalized spacial score (nSPS) is 20.8. The Balaban J connectivity index is 0.000000113. The third-order valence-corrected chi connectivity index (χ3v) is 20.2. The van der Waals surface area contributed by atoms with E-state index in [0.29, 0.717) is 0 Å². The van der Waals surface area contributed by atoms with Crippen LogP contribution in [0.4, 0.5) is 0 Å². The fourth-order valence-corrected chi connectivity index (χ4v) is 15.5. The number of benzene rings is 12. The van der Waals surface area contributed by atoms with E-state index in [-0.39, 0.29) is 0 Å². The molecule has 0 N–H and O–H groups in total. The van der Waals surface area contributed by atoms with E-state index in [4.69, 9.17) is 16.4 Å². The van der Waals surface area contributed by atoms with Gasteiger partial charge in [-0.3, -0.25) is 0 Å². The minimum absolute atomic E-state index is 0.910. The average Bonchev–Trinajstić information content (AvgIpc) is 1.57. The SMILES string of the molecule is Cc1ccc2c3ccccc3n(C)c2c1.Cc1cccc2c3ccccc3n(C)c12.[2H]C([2H])([2H])C1(C)c2ccccc2-c2c(C)cccc21.[2H]C([2H])([2H])C1(C)c2ccccc2-c2cc(C)ccc21.[2H]C([2H])([2H])C1(C)c2ccccc2-c2ccc(C)cc21.[2H]C([2H])([2H])C1(C)c2ccccc2-c2cccc(C)c21. The molecule has 4 atom stereocenters. The molecule has 4 aliphatic carbocycles. The van der Waals surface area contributed by atoms with Crippen LogP contribution in [0.1, 0.15) is 149 Å². The van der Waals surface area contributed by atoms with Crippen LogP contribution in [0.3, 0.4) is 0 Å². The predicted octanol–water partition coefficient (Wildman–Crippen LogP) is 24.5. The molecule has 2 nitrogen and oxygen atoms in total. The highest BCUT2D eigenvalue weighted by atomic mass is 14.9. The summed E-state index contributed by atoms with van der Waals surface area (Å²) in [5.74, 6) is 0. The summed E-state index contributed by atoms with van der Waals surface area (Å²) in [6, 6.07) is 85.8. The van der Waals surface area contributed by atoms with E-state index in [0.717, 1.165) is 111 Å². The zero-order valence-electron chi connectivity index (χ0n) is 68.1. The van der Waals surface area contributed by atoms with Crippen LogP contribution in [-0.4, -0.2) is 9.13 Å². The van der Waals surface area contributed by atoms with Crippen molar-refractivity contribution in [3.8, 4) is 44.5 Å². The molecule has 0 aliphatic heterocycles. The topological polar surface area (TPSA) is 9.86 Å².